The molecular weight excluding hydrogens is 284 g/mol. The Balaban J connectivity index is 1.52. The summed E-state index contributed by atoms with van der Waals surface area (Å²) in [5.74, 6) is 0.199. The molecule has 0 saturated carbocycles. The first-order chi connectivity index (χ1) is 10.7. The average Bonchev–Trinajstić information content (AvgIpc) is 3.20. The first-order valence-corrected chi connectivity index (χ1v) is 8.00. The maximum atomic E-state index is 12.4. The third-order valence-corrected chi connectivity index (χ3v) is 4.72. The minimum absolute atomic E-state index is 0.106. The van der Waals surface area contributed by atoms with Crippen molar-refractivity contribution in [3.05, 3.63) is 12.7 Å². The smallest absolute Gasteiger partial charge is 0.222 e. The molecule has 2 saturated heterocycles. The van der Waals surface area contributed by atoms with Crippen LogP contribution in [0.25, 0.3) is 0 Å². The average molecular weight is 308 g/mol. The largest absolute Gasteiger partial charge is 0.378 e. The van der Waals surface area contributed by atoms with E-state index in [0.717, 1.165) is 45.4 Å². The van der Waals surface area contributed by atoms with E-state index in [4.69, 9.17) is 9.47 Å². The molecule has 7 nitrogen and oxygen atoms in total. The van der Waals surface area contributed by atoms with Crippen LogP contribution < -0.4 is 0 Å². The van der Waals surface area contributed by atoms with E-state index in [1.807, 2.05) is 4.90 Å². The quantitative estimate of drug-likeness (QED) is 0.807. The number of rotatable bonds is 5. The van der Waals surface area contributed by atoms with Crippen molar-refractivity contribution in [2.45, 2.75) is 50.4 Å². The van der Waals surface area contributed by atoms with Crippen molar-refractivity contribution in [2.24, 2.45) is 0 Å². The lowest BCUT2D eigenvalue weighted by Gasteiger charge is -2.44. The molecule has 0 aliphatic carbocycles. The number of carbonyl (C=O) groups excluding carboxylic acids is 1. The monoisotopic (exact) mass is 308 g/mol. The minimum Gasteiger partial charge on any atom is -0.378 e. The van der Waals surface area contributed by atoms with E-state index in [1.165, 1.54) is 6.33 Å². The molecule has 2 fully saturated rings. The van der Waals surface area contributed by atoms with Crippen LogP contribution >= 0.6 is 0 Å². The number of amides is 1. The Morgan fingerprint density at radius 2 is 2.45 bits per heavy atom. The van der Waals surface area contributed by atoms with Crippen LogP contribution in [0.15, 0.2) is 12.7 Å². The molecular formula is C15H24N4O3. The number of aryl methyl sites for hydroxylation is 1. The Kier molecular flexibility index (Phi) is 4.73. The van der Waals surface area contributed by atoms with Gasteiger partial charge in [-0.3, -0.25) is 9.48 Å². The number of piperidine rings is 1. The fraction of sp³-hybridized carbons (Fsp3) is 0.800. The minimum atomic E-state index is -0.283. The highest BCUT2D eigenvalue weighted by Crippen LogP contribution is 2.36. The van der Waals surface area contributed by atoms with Gasteiger partial charge < -0.3 is 14.4 Å². The van der Waals surface area contributed by atoms with Crippen molar-refractivity contribution in [2.75, 3.05) is 26.8 Å². The number of ether oxygens (including phenoxy) is 2. The fourth-order valence-corrected chi connectivity index (χ4v) is 3.58. The van der Waals surface area contributed by atoms with E-state index in [-0.39, 0.29) is 17.6 Å². The molecule has 1 spiro atoms. The van der Waals surface area contributed by atoms with Crippen molar-refractivity contribution < 1.29 is 14.3 Å². The number of carbonyl (C=O) groups is 1. The second-order valence-corrected chi connectivity index (χ2v) is 6.11. The summed E-state index contributed by atoms with van der Waals surface area (Å²) in [6, 6.07) is 0. The molecule has 3 heterocycles. The maximum absolute atomic E-state index is 12.4. The van der Waals surface area contributed by atoms with Crippen LogP contribution in [0.1, 0.15) is 32.1 Å². The Morgan fingerprint density at radius 3 is 3.14 bits per heavy atom. The maximum Gasteiger partial charge on any atom is 0.222 e. The van der Waals surface area contributed by atoms with E-state index in [1.54, 1.807) is 18.1 Å². The number of aromatic nitrogens is 3. The Bertz CT molecular complexity index is 485. The topological polar surface area (TPSA) is 69.5 Å². The molecule has 2 aliphatic rings. The molecule has 1 aromatic rings. The Morgan fingerprint density at radius 1 is 1.55 bits per heavy atom. The van der Waals surface area contributed by atoms with E-state index in [2.05, 4.69) is 10.1 Å². The van der Waals surface area contributed by atoms with Gasteiger partial charge in [0.1, 0.15) is 18.3 Å². The normalized spacial score (nSPS) is 28.4. The summed E-state index contributed by atoms with van der Waals surface area (Å²) in [6.45, 7) is 2.91. The molecule has 122 valence electrons. The summed E-state index contributed by atoms with van der Waals surface area (Å²) in [4.78, 5) is 18.3. The highest BCUT2D eigenvalue weighted by atomic mass is 16.6. The second kappa shape index (κ2) is 6.75. The predicted octanol–water partition coefficient (Wildman–Crippen LogP) is 0.855. The number of methoxy groups -OCH3 is 1. The van der Waals surface area contributed by atoms with Crippen molar-refractivity contribution in [3.63, 3.8) is 0 Å². The molecule has 0 N–H and O–H groups in total. The Labute approximate surface area is 130 Å². The molecule has 7 heteroatoms. The standard InChI is InChI=1S/C15H24N4O3/c1-21-13-5-8-18(10-15(13)6-3-9-22-15)14(20)4-2-7-19-12-16-11-17-19/h11-13H,2-10H2,1H3/t13-,15-/m0/s1. The van der Waals surface area contributed by atoms with Crippen LogP contribution in [-0.2, 0) is 20.8 Å². The van der Waals surface area contributed by atoms with E-state index >= 15 is 0 Å². The molecule has 0 radical (unpaired) electrons. The second-order valence-electron chi connectivity index (χ2n) is 6.11. The summed E-state index contributed by atoms with van der Waals surface area (Å²) < 4.78 is 13.3. The lowest BCUT2D eigenvalue weighted by atomic mass is 9.86. The summed E-state index contributed by atoms with van der Waals surface area (Å²) in [5, 5.41) is 4.05. The summed E-state index contributed by atoms with van der Waals surface area (Å²) in [5.41, 5.74) is -0.283. The van der Waals surface area contributed by atoms with Gasteiger partial charge in [-0.05, 0) is 25.7 Å². The van der Waals surface area contributed by atoms with Gasteiger partial charge >= 0.3 is 0 Å². The van der Waals surface area contributed by atoms with Gasteiger partial charge in [0, 0.05) is 33.2 Å². The van der Waals surface area contributed by atoms with Gasteiger partial charge in [0.25, 0.3) is 0 Å². The van der Waals surface area contributed by atoms with Gasteiger partial charge in [-0.2, -0.15) is 5.10 Å². The lowest BCUT2D eigenvalue weighted by molar-refractivity contribution is -0.160. The van der Waals surface area contributed by atoms with Crippen molar-refractivity contribution >= 4 is 5.91 Å². The van der Waals surface area contributed by atoms with Crippen LogP contribution in [-0.4, -0.2) is 64.1 Å². The number of likely N-dealkylation sites (tertiary alicyclic amines) is 1. The van der Waals surface area contributed by atoms with Crippen molar-refractivity contribution in [1.29, 1.82) is 0 Å². The zero-order chi connectivity index (χ0) is 15.4. The van der Waals surface area contributed by atoms with Crippen molar-refractivity contribution in [1.82, 2.24) is 19.7 Å². The SMILES string of the molecule is CO[C@H]1CCN(C(=O)CCCn2cncn2)C[C@@]12CCCO2. The third kappa shape index (κ3) is 3.15. The molecule has 0 aromatic carbocycles. The third-order valence-electron chi connectivity index (χ3n) is 4.72. The molecule has 1 aromatic heterocycles. The molecule has 22 heavy (non-hydrogen) atoms. The van der Waals surface area contributed by atoms with Gasteiger partial charge in [0.2, 0.25) is 5.91 Å². The highest BCUT2D eigenvalue weighted by molar-refractivity contribution is 5.76. The summed E-state index contributed by atoms with van der Waals surface area (Å²) >= 11 is 0. The lowest BCUT2D eigenvalue weighted by Crippen LogP contribution is -2.58. The first-order valence-electron chi connectivity index (χ1n) is 8.00. The van der Waals surface area contributed by atoms with Crippen LogP contribution in [0.3, 0.4) is 0 Å². The molecule has 1 amide bonds. The Hall–Kier alpha value is -1.47. The number of hydrogen-bond acceptors (Lipinski definition) is 5. The van der Waals surface area contributed by atoms with Crippen LogP contribution in [0.4, 0.5) is 0 Å². The van der Waals surface area contributed by atoms with Gasteiger partial charge in [0.05, 0.1) is 12.6 Å². The molecule has 2 atom stereocenters. The van der Waals surface area contributed by atoms with Crippen LogP contribution in [0, 0.1) is 0 Å². The predicted molar refractivity (Wildman–Crippen MR) is 79.2 cm³/mol. The van der Waals surface area contributed by atoms with Gasteiger partial charge in [-0.25, -0.2) is 4.98 Å². The van der Waals surface area contributed by atoms with E-state index in [9.17, 15) is 4.79 Å². The van der Waals surface area contributed by atoms with Crippen LogP contribution in [0.5, 0.6) is 0 Å². The number of hydrogen-bond donors (Lipinski definition) is 0. The molecule has 3 rings (SSSR count). The summed E-state index contributed by atoms with van der Waals surface area (Å²) in [7, 11) is 1.74. The van der Waals surface area contributed by atoms with Crippen molar-refractivity contribution in [3.8, 4) is 0 Å². The zero-order valence-electron chi connectivity index (χ0n) is 13.1. The van der Waals surface area contributed by atoms with E-state index < -0.39 is 0 Å². The molecule has 0 unspecified atom stereocenters. The highest BCUT2D eigenvalue weighted by Gasteiger charge is 2.47. The van der Waals surface area contributed by atoms with Gasteiger partial charge in [-0.1, -0.05) is 0 Å². The van der Waals surface area contributed by atoms with E-state index in [0.29, 0.717) is 13.0 Å². The van der Waals surface area contributed by atoms with Crippen LogP contribution in [0.2, 0.25) is 0 Å². The molecule has 2 aliphatic heterocycles. The zero-order valence-corrected chi connectivity index (χ0v) is 13.1. The summed E-state index contributed by atoms with van der Waals surface area (Å²) in [6.07, 6.45) is 7.49. The first kappa shape index (κ1) is 15.4. The van der Waals surface area contributed by atoms with Gasteiger partial charge in [-0.15, -0.1) is 0 Å². The number of nitrogens with zero attached hydrogens (tertiary/aromatic N) is 4. The fourth-order valence-electron chi connectivity index (χ4n) is 3.58. The van der Waals surface area contributed by atoms with Gasteiger partial charge in [0.15, 0.2) is 0 Å². The molecule has 0 bridgehead atoms.